The zero-order valence-corrected chi connectivity index (χ0v) is 9.54. The van der Waals surface area contributed by atoms with Crippen LogP contribution in [0.4, 0.5) is 0 Å². The summed E-state index contributed by atoms with van der Waals surface area (Å²) in [7, 11) is 1.47. The molecule has 0 aliphatic heterocycles. The van der Waals surface area contributed by atoms with E-state index in [1.165, 1.54) is 19.2 Å². The second kappa shape index (κ2) is 5.06. The average Bonchev–Trinajstić information content (AvgIpc) is 2.87. The van der Waals surface area contributed by atoms with E-state index < -0.39 is 0 Å². The second-order valence-corrected chi connectivity index (χ2v) is 3.35. The van der Waals surface area contributed by atoms with Crippen LogP contribution in [0.25, 0.3) is 0 Å². The van der Waals surface area contributed by atoms with E-state index in [9.17, 15) is 4.79 Å². The third kappa shape index (κ3) is 2.33. The third-order valence-electron chi connectivity index (χ3n) is 2.22. The van der Waals surface area contributed by atoms with Crippen molar-refractivity contribution in [2.75, 3.05) is 7.11 Å². The second-order valence-electron chi connectivity index (χ2n) is 3.35. The summed E-state index contributed by atoms with van der Waals surface area (Å²) in [6.45, 7) is 0. The number of aldehydes is 1. The van der Waals surface area contributed by atoms with Crippen molar-refractivity contribution in [1.29, 1.82) is 5.26 Å². The van der Waals surface area contributed by atoms with Crippen LogP contribution in [0.2, 0.25) is 0 Å². The summed E-state index contributed by atoms with van der Waals surface area (Å²) < 4.78 is 15.6. The maximum absolute atomic E-state index is 10.5. The van der Waals surface area contributed by atoms with Crippen molar-refractivity contribution < 1.29 is 18.7 Å². The molecule has 1 aromatic heterocycles. The number of benzene rings is 1. The lowest BCUT2D eigenvalue weighted by Gasteiger charge is -2.07. The van der Waals surface area contributed by atoms with E-state index in [1.807, 2.05) is 6.07 Å². The van der Waals surface area contributed by atoms with Crippen LogP contribution in [0.1, 0.15) is 16.1 Å². The maximum atomic E-state index is 10.5. The predicted molar refractivity (Wildman–Crippen MR) is 61.9 cm³/mol. The Balaban J connectivity index is 2.28. The Morgan fingerprint density at radius 3 is 2.72 bits per heavy atom. The molecular formula is C13H9NO4. The van der Waals surface area contributed by atoms with Crippen LogP contribution in [0.5, 0.6) is 17.4 Å². The van der Waals surface area contributed by atoms with Gasteiger partial charge in [-0.2, -0.15) is 5.26 Å². The Bertz CT molecular complexity index is 610. The maximum Gasteiger partial charge on any atom is 0.290 e. The van der Waals surface area contributed by atoms with Crippen LogP contribution >= 0.6 is 0 Å². The van der Waals surface area contributed by atoms with E-state index in [-0.39, 0.29) is 11.7 Å². The van der Waals surface area contributed by atoms with Gasteiger partial charge in [0, 0.05) is 12.1 Å². The molecule has 90 valence electrons. The summed E-state index contributed by atoms with van der Waals surface area (Å²) in [5.74, 6) is 1.18. The van der Waals surface area contributed by atoms with Gasteiger partial charge in [0.25, 0.3) is 5.95 Å². The molecule has 0 unspecified atom stereocenters. The van der Waals surface area contributed by atoms with Crippen LogP contribution in [0, 0.1) is 11.3 Å². The van der Waals surface area contributed by atoms with E-state index in [0.717, 1.165) is 0 Å². The molecule has 0 bridgehead atoms. The Kier molecular flexibility index (Phi) is 3.30. The first-order valence-corrected chi connectivity index (χ1v) is 5.08. The summed E-state index contributed by atoms with van der Waals surface area (Å²) >= 11 is 0. The fourth-order valence-electron chi connectivity index (χ4n) is 1.38. The van der Waals surface area contributed by atoms with Gasteiger partial charge in [-0.15, -0.1) is 0 Å². The lowest BCUT2D eigenvalue weighted by Crippen LogP contribution is -1.90. The fraction of sp³-hybridized carbons (Fsp3) is 0.0769. The Morgan fingerprint density at radius 1 is 1.28 bits per heavy atom. The number of hydrogen-bond donors (Lipinski definition) is 0. The number of carbonyl (C=O) groups is 1. The summed E-state index contributed by atoms with van der Waals surface area (Å²) in [5, 5.41) is 8.77. The molecule has 0 saturated carbocycles. The molecule has 0 aliphatic carbocycles. The van der Waals surface area contributed by atoms with Gasteiger partial charge in [0.05, 0.1) is 18.7 Å². The quantitative estimate of drug-likeness (QED) is 0.772. The highest BCUT2D eigenvalue weighted by atomic mass is 16.6. The Morgan fingerprint density at radius 2 is 2.11 bits per heavy atom. The highest BCUT2D eigenvalue weighted by Gasteiger charge is 2.09. The number of hydrogen-bond acceptors (Lipinski definition) is 5. The number of furan rings is 1. The van der Waals surface area contributed by atoms with Crippen molar-refractivity contribution in [2.24, 2.45) is 0 Å². The highest BCUT2D eigenvalue weighted by molar-refractivity contribution is 5.70. The molecule has 0 N–H and O–H groups in total. The summed E-state index contributed by atoms with van der Waals surface area (Å²) in [5.41, 5.74) is 0.465. The summed E-state index contributed by atoms with van der Waals surface area (Å²) in [6.07, 6.45) is 0.586. The lowest BCUT2D eigenvalue weighted by atomic mass is 10.2. The molecule has 0 spiro atoms. The zero-order chi connectivity index (χ0) is 13.0. The van der Waals surface area contributed by atoms with Gasteiger partial charge in [0.15, 0.2) is 23.5 Å². The van der Waals surface area contributed by atoms with Gasteiger partial charge in [-0.05, 0) is 18.2 Å². The van der Waals surface area contributed by atoms with E-state index in [1.54, 1.807) is 18.2 Å². The number of carbonyl (C=O) groups excluding carboxylic acids is 1. The molecule has 18 heavy (non-hydrogen) atoms. The number of rotatable bonds is 4. The molecule has 0 amide bonds. The van der Waals surface area contributed by atoms with Crippen molar-refractivity contribution in [3.63, 3.8) is 0 Å². The largest absolute Gasteiger partial charge is 0.493 e. The van der Waals surface area contributed by atoms with Gasteiger partial charge in [-0.3, -0.25) is 4.79 Å². The first kappa shape index (κ1) is 11.7. The summed E-state index contributed by atoms with van der Waals surface area (Å²) in [4.78, 5) is 10.5. The Labute approximate surface area is 103 Å². The SMILES string of the molecule is COc1cc(C#N)ccc1Oc1ccc(C=O)o1. The van der Waals surface area contributed by atoms with Crippen molar-refractivity contribution in [1.82, 2.24) is 0 Å². The van der Waals surface area contributed by atoms with E-state index in [2.05, 4.69) is 0 Å². The molecule has 2 aromatic rings. The van der Waals surface area contributed by atoms with Crippen LogP contribution in [-0.2, 0) is 0 Å². The molecule has 2 rings (SSSR count). The highest BCUT2D eigenvalue weighted by Crippen LogP contribution is 2.32. The van der Waals surface area contributed by atoms with Crippen molar-refractivity contribution in [3.8, 4) is 23.5 Å². The minimum atomic E-state index is 0.178. The number of nitrogens with zero attached hydrogens (tertiary/aromatic N) is 1. The molecule has 1 heterocycles. The molecule has 0 radical (unpaired) electrons. The van der Waals surface area contributed by atoms with Crippen LogP contribution in [0.15, 0.2) is 34.7 Å². The number of methoxy groups -OCH3 is 1. The molecule has 0 aliphatic rings. The number of nitriles is 1. The first-order chi connectivity index (χ1) is 8.76. The zero-order valence-electron chi connectivity index (χ0n) is 9.54. The third-order valence-corrected chi connectivity index (χ3v) is 2.22. The average molecular weight is 243 g/mol. The molecule has 5 heteroatoms. The monoisotopic (exact) mass is 243 g/mol. The van der Waals surface area contributed by atoms with E-state index in [0.29, 0.717) is 23.3 Å². The first-order valence-electron chi connectivity index (χ1n) is 5.08. The molecule has 1 aromatic carbocycles. The standard InChI is InChI=1S/C13H9NO4/c1-16-12-6-9(7-14)2-4-11(12)18-13-5-3-10(8-15)17-13/h2-6,8H,1H3. The van der Waals surface area contributed by atoms with Gasteiger partial charge in [-0.1, -0.05) is 0 Å². The normalized spacial score (nSPS) is 9.56. The van der Waals surface area contributed by atoms with Crippen molar-refractivity contribution >= 4 is 6.29 Å². The topological polar surface area (TPSA) is 72.5 Å². The number of ether oxygens (including phenoxy) is 2. The van der Waals surface area contributed by atoms with Crippen LogP contribution < -0.4 is 9.47 Å². The van der Waals surface area contributed by atoms with Crippen molar-refractivity contribution in [2.45, 2.75) is 0 Å². The van der Waals surface area contributed by atoms with Gasteiger partial charge in [0.2, 0.25) is 0 Å². The minimum Gasteiger partial charge on any atom is -0.493 e. The summed E-state index contributed by atoms with van der Waals surface area (Å²) in [6, 6.07) is 9.78. The van der Waals surface area contributed by atoms with Gasteiger partial charge >= 0.3 is 0 Å². The predicted octanol–water partition coefficient (Wildman–Crippen LogP) is 2.76. The van der Waals surface area contributed by atoms with E-state index >= 15 is 0 Å². The van der Waals surface area contributed by atoms with Crippen molar-refractivity contribution in [3.05, 3.63) is 41.7 Å². The molecule has 0 atom stereocenters. The smallest absolute Gasteiger partial charge is 0.290 e. The van der Waals surface area contributed by atoms with Gasteiger partial charge in [-0.25, -0.2) is 0 Å². The van der Waals surface area contributed by atoms with Gasteiger partial charge in [0.1, 0.15) is 0 Å². The molecule has 0 fully saturated rings. The molecule has 5 nitrogen and oxygen atoms in total. The van der Waals surface area contributed by atoms with E-state index in [4.69, 9.17) is 19.2 Å². The minimum absolute atomic E-state index is 0.178. The molecule has 0 saturated heterocycles. The molecular weight excluding hydrogens is 234 g/mol. The van der Waals surface area contributed by atoms with Crippen LogP contribution in [-0.4, -0.2) is 13.4 Å². The van der Waals surface area contributed by atoms with Crippen LogP contribution in [0.3, 0.4) is 0 Å². The lowest BCUT2D eigenvalue weighted by molar-refractivity contribution is 0.109. The van der Waals surface area contributed by atoms with Gasteiger partial charge < -0.3 is 13.9 Å². The Hall–Kier alpha value is -2.74. The fourth-order valence-corrected chi connectivity index (χ4v) is 1.38.